The third kappa shape index (κ3) is 6.00. The maximum absolute atomic E-state index is 14.2. The summed E-state index contributed by atoms with van der Waals surface area (Å²) in [6.07, 6.45) is 2.41. The van der Waals surface area contributed by atoms with Gasteiger partial charge < -0.3 is 20.6 Å². The van der Waals surface area contributed by atoms with Crippen LogP contribution in [0.25, 0.3) is 10.4 Å². The second kappa shape index (κ2) is 10.4. The van der Waals surface area contributed by atoms with Gasteiger partial charge in [-0.1, -0.05) is 0 Å². The highest BCUT2D eigenvalue weighted by Gasteiger charge is 2.33. The fourth-order valence-corrected chi connectivity index (χ4v) is 5.36. The Morgan fingerprint density at radius 3 is 2.61 bits per heavy atom. The van der Waals surface area contributed by atoms with Crippen LogP contribution >= 0.6 is 11.3 Å². The Hall–Kier alpha value is -2.66. The Bertz CT molecular complexity index is 1130. The average Bonchev–Trinajstić information content (AvgIpc) is 3.44. The van der Waals surface area contributed by atoms with Crippen molar-refractivity contribution in [3.8, 4) is 10.4 Å². The standard InChI is InChI=1S/C25H33F2N5O3S/c1-13-6-5-9-32(13)24(34)19-20(36-23(31-19)22(33)29-12-25(3,4)35)17-11-28-18(10-16(17)21(26)27)30-14(2)15-7-8-15/h10-11,13-15,21,35H,5-9,12H2,1-4H3,(H,28,30)(H,29,33)/t13?,14-/m0/s1. The molecule has 36 heavy (non-hydrogen) atoms. The van der Waals surface area contributed by atoms with Crippen molar-refractivity contribution in [2.24, 2.45) is 5.92 Å². The van der Waals surface area contributed by atoms with E-state index in [1.165, 1.54) is 12.3 Å². The summed E-state index contributed by atoms with van der Waals surface area (Å²) in [5.41, 5.74) is -1.36. The van der Waals surface area contributed by atoms with Crippen molar-refractivity contribution in [1.82, 2.24) is 20.2 Å². The summed E-state index contributed by atoms with van der Waals surface area (Å²) >= 11 is 0.880. The van der Waals surface area contributed by atoms with Gasteiger partial charge in [-0.25, -0.2) is 18.7 Å². The van der Waals surface area contributed by atoms with Crippen LogP contribution in [0.2, 0.25) is 0 Å². The van der Waals surface area contributed by atoms with Gasteiger partial charge in [-0.05, 0) is 65.4 Å². The monoisotopic (exact) mass is 521 g/mol. The highest BCUT2D eigenvalue weighted by atomic mass is 32.1. The largest absolute Gasteiger partial charge is 0.389 e. The Morgan fingerprint density at radius 2 is 2.03 bits per heavy atom. The maximum Gasteiger partial charge on any atom is 0.280 e. The topological polar surface area (TPSA) is 107 Å². The van der Waals surface area contributed by atoms with Crippen LogP contribution in [0.4, 0.5) is 14.6 Å². The fraction of sp³-hybridized carbons (Fsp3) is 0.600. The molecule has 2 aliphatic rings. The van der Waals surface area contributed by atoms with Gasteiger partial charge in [0.05, 0.1) is 10.5 Å². The summed E-state index contributed by atoms with van der Waals surface area (Å²) in [6.45, 7) is 7.54. The first kappa shape index (κ1) is 26.4. The molecule has 3 heterocycles. The number of likely N-dealkylation sites (tertiary alicyclic amines) is 1. The van der Waals surface area contributed by atoms with E-state index >= 15 is 0 Å². The molecule has 1 saturated heterocycles. The summed E-state index contributed by atoms with van der Waals surface area (Å²) in [7, 11) is 0. The number of thiazole rings is 1. The quantitative estimate of drug-likeness (QED) is 0.449. The van der Waals surface area contributed by atoms with Crippen molar-refractivity contribution in [1.29, 1.82) is 0 Å². The van der Waals surface area contributed by atoms with Crippen LogP contribution < -0.4 is 10.6 Å². The minimum absolute atomic E-state index is 0.0114. The molecule has 2 atom stereocenters. The molecule has 2 aromatic heterocycles. The lowest BCUT2D eigenvalue weighted by Gasteiger charge is -2.21. The molecular formula is C25H33F2N5O3S. The number of amides is 2. The summed E-state index contributed by atoms with van der Waals surface area (Å²) < 4.78 is 28.5. The summed E-state index contributed by atoms with van der Waals surface area (Å²) in [5, 5.41) is 15.7. The van der Waals surface area contributed by atoms with E-state index in [1.807, 2.05) is 13.8 Å². The molecule has 1 unspecified atom stereocenters. The minimum atomic E-state index is -2.82. The minimum Gasteiger partial charge on any atom is -0.389 e. The van der Waals surface area contributed by atoms with Crippen LogP contribution in [0.5, 0.6) is 0 Å². The van der Waals surface area contributed by atoms with Gasteiger partial charge >= 0.3 is 0 Å². The van der Waals surface area contributed by atoms with E-state index in [4.69, 9.17) is 0 Å². The van der Waals surface area contributed by atoms with Gasteiger partial charge in [0.1, 0.15) is 11.5 Å². The van der Waals surface area contributed by atoms with E-state index in [0.29, 0.717) is 18.3 Å². The van der Waals surface area contributed by atoms with Crippen molar-refractivity contribution in [2.45, 2.75) is 77.5 Å². The predicted molar refractivity (Wildman–Crippen MR) is 134 cm³/mol. The molecule has 11 heteroatoms. The lowest BCUT2D eigenvalue weighted by atomic mass is 10.1. The van der Waals surface area contributed by atoms with Gasteiger partial charge in [0.2, 0.25) is 0 Å². The second-order valence-corrected chi connectivity index (χ2v) is 11.4. The number of pyridine rings is 1. The van der Waals surface area contributed by atoms with Crippen LogP contribution in [-0.2, 0) is 0 Å². The molecule has 8 nitrogen and oxygen atoms in total. The molecule has 0 bridgehead atoms. The van der Waals surface area contributed by atoms with Gasteiger partial charge in [-0.15, -0.1) is 11.3 Å². The molecule has 0 spiro atoms. The van der Waals surface area contributed by atoms with Crippen molar-refractivity contribution in [3.63, 3.8) is 0 Å². The molecule has 2 aromatic rings. The Balaban J connectivity index is 1.73. The SMILES string of the molecule is CC1CCCN1C(=O)c1nc(C(=O)NCC(C)(C)O)sc1-c1cnc(N[C@@H](C)C2CC2)cc1C(F)F. The van der Waals surface area contributed by atoms with E-state index in [0.717, 1.165) is 37.0 Å². The summed E-state index contributed by atoms with van der Waals surface area (Å²) in [5.74, 6) is -0.112. The molecular weight excluding hydrogens is 488 g/mol. The number of nitrogens with zero attached hydrogens (tertiary/aromatic N) is 3. The van der Waals surface area contributed by atoms with Gasteiger partial charge in [-0.3, -0.25) is 9.59 Å². The number of anilines is 1. The van der Waals surface area contributed by atoms with Crippen molar-refractivity contribution in [3.05, 3.63) is 28.5 Å². The normalized spacial score (nSPS) is 19.0. The van der Waals surface area contributed by atoms with E-state index in [1.54, 1.807) is 18.7 Å². The average molecular weight is 522 g/mol. The zero-order valence-corrected chi connectivity index (χ0v) is 21.8. The van der Waals surface area contributed by atoms with E-state index in [2.05, 4.69) is 20.6 Å². The first-order valence-electron chi connectivity index (χ1n) is 12.3. The molecule has 2 fully saturated rings. The number of aliphatic hydroxyl groups is 1. The zero-order chi connectivity index (χ0) is 26.2. The first-order chi connectivity index (χ1) is 16.9. The van der Waals surface area contributed by atoms with Crippen molar-refractivity contribution < 1.29 is 23.5 Å². The number of hydrogen-bond donors (Lipinski definition) is 3. The number of nitrogens with one attached hydrogen (secondary N) is 2. The molecule has 196 valence electrons. The molecule has 1 aliphatic carbocycles. The van der Waals surface area contributed by atoms with Gasteiger partial charge in [0.15, 0.2) is 5.01 Å². The number of carbonyl (C=O) groups is 2. The van der Waals surface area contributed by atoms with Crippen LogP contribution in [0.1, 0.15) is 85.7 Å². The van der Waals surface area contributed by atoms with Crippen molar-refractivity contribution in [2.75, 3.05) is 18.4 Å². The molecule has 0 radical (unpaired) electrons. The van der Waals surface area contributed by atoms with Crippen LogP contribution in [0.15, 0.2) is 12.3 Å². The van der Waals surface area contributed by atoms with Crippen molar-refractivity contribution >= 4 is 29.0 Å². The van der Waals surface area contributed by atoms with Crippen LogP contribution in [-0.4, -0.2) is 62.6 Å². The number of aromatic nitrogens is 2. The fourth-order valence-electron chi connectivity index (χ4n) is 4.36. The molecule has 1 saturated carbocycles. The number of alkyl halides is 2. The summed E-state index contributed by atoms with van der Waals surface area (Å²) in [6, 6.07) is 1.43. The van der Waals surface area contributed by atoms with E-state index < -0.39 is 23.8 Å². The molecule has 0 aromatic carbocycles. The summed E-state index contributed by atoms with van der Waals surface area (Å²) in [4.78, 5) is 36.8. The van der Waals surface area contributed by atoms with E-state index in [-0.39, 0.29) is 45.3 Å². The lowest BCUT2D eigenvalue weighted by Crippen LogP contribution is -2.38. The number of carbonyl (C=O) groups excluding carboxylic acids is 2. The molecule has 4 rings (SSSR count). The molecule has 1 aliphatic heterocycles. The predicted octanol–water partition coefficient (Wildman–Crippen LogP) is 4.48. The van der Waals surface area contributed by atoms with Gasteiger partial charge in [-0.2, -0.15) is 0 Å². The Kier molecular flexibility index (Phi) is 7.61. The van der Waals surface area contributed by atoms with Crippen LogP contribution in [0, 0.1) is 5.92 Å². The number of halogens is 2. The lowest BCUT2D eigenvalue weighted by molar-refractivity contribution is 0.0692. The smallest absolute Gasteiger partial charge is 0.280 e. The highest BCUT2D eigenvalue weighted by molar-refractivity contribution is 7.17. The zero-order valence-electron chi connectivity index (χ0n) is 21.0. The molecule has 2 amide bonds. The Morgan fingerprint density at radius 1 is 1.31 bits per heavy atom. The maximum atomic E-state index is 14.2. The second-order valence-electron chi connectivity index (χ2n) is 10.4. The van der Waals surface area contributed by atoms with Crippen LogP contribution in [0.3, 0.4) is 0 Å². The third-order valence-corrected chi connectivity index (χ3v) is 7.73. The van der Waals surface area contributed by atoms with Gasteiger partial charge in [0, 0.05) is 42.5 Å². The first-order valence-corrected chi connectivity index (χ1v) is 13.1. The third-order valence-electron chi connectivity index (χ3n) is 6.64. The Labute approximate surface area is 213 Å². The number of hydrogen-bond acceptors (Lipinski definition) is 7. The van der Waals surface area contributed by atoms with Gasteiger partial charge in [0.25, 0.3) is 18.2 Å². The highest BCUT2D eigenvalue weighted by Crippen LogP contribution is 2.39. The van der Waals surface area contributed by atoms with E-state index in [9.17, 15) is 23.5 Å². The molecule has 3 N–H and O–H groups in total. The number of rotatable bonds is 9.